The van der Waals surface area contributed by atoms with Gasteiger partial charge < -0.3 is 23.8 Å². The van der Waals surface area contributed by atoms with E-state index in [1.54, 1.807) is 50.7 Å². The van der Waals surface area contributed by atoms with Gasteiger partial charge in [0.15, 0.2) is 11.5 Å². The average molecular weight is 457 g/mol. The van der Waals surface area contributed by atoms with Crippen molar-refractivity contribution in [3.05, 3.63) is 71.9 Å². The van der Waals surface area contributed by atoms with Gasteiger partial charge >= 0.3 is 0 Å². The molecule has 8 heteroatoms. The second-order valence-corrected chi connectivity index (χ2v) is 7.59. The molecule has 1 heterocycles. The van der Waals surface area contributed by atoms with Gasteiger partial charge in [0.1, 0.15) is 46.8 Å². The van der Waals surface area contributed by atoms with E-state index in [2.05, 4.69) is 16.0 Å². The number of aromatic nitrogens is 2. The summed E-state index contributed by atoms with van der Waals surface area (Å²) in [6, 6.07) is 18.6. The Bertz CT molecular complexity index is 1350. The third-order valence-electron chi connectivity index (χ3n) is 5.15. The maximum atomic E-state index is 9.82. The number of anilines is 1. The van der Waals surface area contributed by atoms with Crippen LogP contribution in [0.3, 0.4) is 0 Å². The van der Waals surface area contributed by atoms with Crippen LogP contribution in [0.2, 0.25) is 0 Å². The summed E-state index contributed by atoms with van der Waals surface area (Å²) in [7, 11) is 6.93. The summed E-state index contributed by atoms with van der Waals surface area (Å²) >= 11 is 0. The summed E-state index contributed by atoms with van der Waals surface area (Å²) in [6.45, 7) is 0.372. The molecule has 0 spiro atoms. The van der Waals surface area contributed by atoms with Gasteiger partial charge in [-0.25, -0.2) is 4.98 Å². The molecule has 172 valence electrons. The highest BCUT2D eigenvalue weighted by Crippen LogP contribution is 2.36. The third kappa shape index (κ3) is 4.79. The summed E-state index contributed by atoms with van der Waals surface area (Å²) in [5.74, 6) is 3.42. The molecule has 0 amide bonds. The lowest BCUT2D eigenvalue weighted by Crippen LogP contribution is -2.11. The summed E-state index contributed by atoms with van der Waals surface area (Å²) in [5.41, 5.74) is 2.41. The molecule has 0 saturated heterocycles. The molecule has 0 atom stereocenters. The minimum atomic E-state index is 0.312. The SMILES string of the molecule is COc1ccc(COc2ccc(Oc3ccc4ncc(N(C)C)nc4c3C#N)cc2OC)cc1. The molecule has 0 bridgehead atoms. The van der Waals surface area contributed by atoms with E-state index < -0.39 is 0 Å². The van der Waals surface area contributed by atoms with E-state index in [9.17, 15) is 5.26 Å². The number of hydrogen-bond donors (Lipinski definition) is 0. The van der Waals surface area contributed by atoms with Crippen LogP contribution in [0.4, 0.5) is 5.82 Å². The fourth-order valence-electron chi connectivity index (χ4n) is 3.30. The minimum Gasteiger partial charge on any atom is -0.497 e. The molecule has 34 heavy (non-hydrogen) atoms. The first kappa shape index (κ1) is 22.7. The number of rotatable bonds is 8. The predicted octanol–water partition coefficient (Wildman–Crippen LogP) is 4.96. The molecular formula is C26H24N4O4. The lowest BCUT2D eigenvalue weighted by molar-refractivity contribution is 0.283. The summed E-state index contributed by atoms with van der Waals surface area (Å²) in [5, 5.41) is 9.82. The van der Waals surface area contributed by atoms with Gasteiger partial charge in [-0.2, -0.15) is 5.26 Å². The van der Waals surface area contributed by atoms with Crippen LogP contribution in [-0.2, 0) is 6.61 Å². The molecule has 8 nitrogen and oxygen atoms in total. The van der Waals surface area contributed by atoms with Crippen molar-refractivity contribution >= 4 is 16.9 Å². The topological polar surface area (TPSA) is 89.7 Å². The van der Waals surface area contributed by atoms with Gasteiger partial charge in [0, 0.05) is 20.2 Å². The smallest absolute Gasteiger partial charge is 0.164 e. The molecule has 4 aromatic rings. The van der Waals surface area contributed by atoms with Crippen molar-refractivity contribution in [2.24, 2.45) is 0 Å². The number of nitrogens with zero attached hydrogens (tertiary/aromatic N) is 4. The van der Waals surface area contributed by atoms with Crippen molar-refractivity contribution in [2.75, 3.05) is 33.2 Å². The number of fused-ring (bicyclic) bond motifs is 1. The molecule has 0 unspecified atom stereocenters. The van der Waals surface area contributed by atoms with E-state index >= 15 is 0 Å². The molecule has 3 aromatic carbocycles. The Hall–Kier alpha value is -4.51. The molecule has 0 aliphatic carbocycles. The standard InChI is InChI=1S/C26H24N4O4/c1-30(2)25-15-28-21-10-12-22(20(14-27)26(21)29-25)34-19-9-11-23(24(13-19)32-4)33-16-17-5-7-18(31-3)8-6-17/h5-13,15H,16H2,1-4H3. The molecule has 1 aromatic heterocycles. The highest BCUT2D eigenvalue weighted by molar-refractivity contribution is 5.84. The van der Waals surface area contributed by atoms with Crippen LogP contribution in [0.5, 0.6) is 28.7 Å². The number of hydrogen-bond acceptors (Lipinski definition) is 8. The summed E-state index contributed by atoms with van der Waals surface area (Å²) < 4.78 is 22.7. The molecule has 0 radical (unpaired) electrons. The monoisotopic (exact) mass is 456 g/mol. The lowest BCUT2D eigenvalue weighted by atomic mass is 10.1. The van der Waals surface area contributed by atoms with Gasteiger partial charge in [0.2, 0.25) is 0 Å². The van der Waals surface area contributed by atoms with Crippen molar-refractivity contribution in [3.63, 3.8) is 0 Å². The zero-order valence-electron chi connectivity index (χ0n) is 19.4. The highest BCUT2D eigenvalue weighted by atomic mass is 16.5. The number of benzene rings is 3. The van der Waals surface area contributed by atoms with Gasteiger partial charge in [-0.3, -0.25) is 4.98 Å². The van der Waals surface area contributed by atoms with Crippen LogP contribution in [0, 0.1) is 11.3 Å². The summed E-state index contributed by atoms with van der Waals surface area (Å²) in [4.78, 5) is 10.8. The van der Waals surface area contributed by atoms with Crippen LogP contribution in [0.1, 0.15) is 11.1 Å². The molecule has 4 rings (SSSR count). The van der Waals surface area contributed by atoms with Gasteiger partial charge in [-0.05, 0) is 42.0 Å². The van der Waals surface area contributed by atoms with E-state index in [0.717, 1.165) is 11.3 Å². The Morgan fingerprint density at radius 1 is 0.882 bits per heavy atom. The van der Waals surface area contributed by atoms with Gasteiger partial charge in [0.05, 0.1) is 25.9 Å². The molecule has 0 saturated carbocycles. The zero-order chi connectivity index (χ0) is 24.1. The Morgan fingerprint density at radius 3 is 2.29 bits per heavy atom. The average Bonchev–Trinajstić information content (AvgIpc) is 2.87. The van der Waals surface area contributed by atoms with Crippen molar-refractivity contribution in [2.45, 2.75) is 6.61 Å². The Morgan fingerprint density at radius 2 is 1.62 bits per heavy atom. The summed E-state index contributed by atoms with van der Waals surface area (Å²) in [6.07, 6.45) is 1.67. The number of methoxy groups -OCH3 is 2. The molecule has 0 fully saturated rings. The Labute approximate surface area is 197 Å². The normalized spacial score (nSPS) is 10.4. The molecule has 0 aliphatic heterocycles. The van der Waals surface area contributed by atoms with Gasteiger partial charge in [0.25, 0.3) is 0 Å². The van der Waals surface area contributed by atoms with E-state index in [0.29, 0.717) is 52.0 Å². The predicted molar refractivity (Wildman–Crippen MR) is 129 cm³/mol. The van der Waals surface area contributed by atoms with E-state index in [1.807, 2.05) is 43.3 Å². The first-order valence-corrected chi connectivity index (χ1v) is 10.5. The van der Waals surface area contributed by atoms with Gasteiger partial charge in [-0.1, -0.05) is 12.1 Å². The van der Waals surface area contributed by atoms with Crippen molar-refractivity contribution < 1.29 is 18.9 Å². The van der Waals surface area contributed by atoms with E-state index in [4.69, 9.17) is 18.9 Å². The number of ether oxygens (including phenoxy) is 4. The largest absolute Gasteiger partial charge is 0.497 e. The van der Waals surface area contributed by atoms with E-state index in [1.165, 1.54) is 0 Å². The second kappa shape index (κ2) is 9.96. The van der Waals surface area contributed by atoms with Crippen LogP contribution < -0.4 is 23.8 Å². The maximum Gasteiger partial charge on any atom is 0.164 e. The molecule has 0 N–H and O–H groups in total. The second-order valence-electron chi connectivity index (χ2n) is 7.59. The van der Waals surface area contributed by atoms with Gasteiger partial charge in [-0.15, -0.1) is 0 Å². The molecule has 0 aliphatic rings. The van der Waals surface area contributed by atoms with Crippen LogP contribution in [-0.4, -0.2) is 38.3 Å². The van der Waals surface area contributed by atoms with Crippen molar-refractivity contribution in [3.8, 4) is 34.8 Å². The third-order valence-corrected chi connectivity index (χ3v) is 5.15. The van der Waals surface area contributed by atoms with Crippen LogP contribution in [0.15, 0.2) is 60.8 Å². The fourth-order valence-corrected chi connectivity index (χ4v) is 3.30. The maximum absolute atomic E-state index is 9.82. The zero-order valence-corrected chi connectivity index (χ0v) is 19.4. The minimum absolute atomic E-state index is 0.312. The number of nitriles is 1. The Kier molecular flexibility index (Phi) is 6.64. The van der Waals surface area contributed by atoms with Crippen molar-refractivity contribution in [1.29, 1.82) is 5.26 Å². The van der Waals surface area contributed by atoms with Crippen LogP contribution >= 0.6 is 0 Å². The lowest BCUT2D eigenvalue weighted by Gasteiger charge is -2.15. The quantitative estimate of drug-likeness (QED) is 0.368. The first-order chi connectivity index (χ1) is 16.5. The van der Waals surface area contributed by atoms with E-state index in [-0.39, 0.29) is 0 Å². The fraction of sp³-hybridized carbons (Fsp3) is 0.192. The highest BCUT2D eigenvalue weighted by Gasteiger charge is 2.15. The molecular weight excluding hydrogens is 432 g/mol. The first-order valence-electron chi connectivity index (χ1n) is 10.5. The van der Waals surface area contributed by atoms with Crippen LogP contribution in [0.25, 0.3) is 11.0 Å². The Balaban J connectivity index is 1.57. The van der Waals surface area contributed by atoms with Crippen molar-refractivity contribution in [1.82, 2.24) is 9.97 Å².